The average Bonchev–Trinajstić information content (AvgIpc) is 2.98. The van der Waals surface area contributed by atoms with E-state index in [0.29, 0.717) is 54.7 Å². The number of pyridine rings is 2. The zero-order valence-electron chi connectivity index (χ0n) is 23.3. The van der Waals surface area contributed by atoms with Gasteiger partial charge >= 0.3 is 6.18 Å². The van der Waals surface area contributed by atoms with Crippen LogP contribution in [0.1, 0.15) is 56.8 Å². The summed E-state index contributed by atoms with van der Waals surface area (Å²) in [5.74, 6) is 0.694. The number of allylic oxidation sites excluding steroid dienone is 1. The second-order valence-electron chi connectivity index (χ2n) is 10.2. The largest absolute Gasteiger partial charge is 0.486 e. The van der Waals surface area contributed by atoms with E-state index in [1.807, 2.05) is 6.07 Å². The van der Waals surface area contributed by atoms with Gasteiger partial charge in [-0.3, -0.25) is 14.8 Å². The highest BCUT2D eigenvalue weighted by Gasteiger charge is 2.42. The number of ether oxygens (including phenoxy) is 2. The molecule has 2 atom stereocenters. The number of carbonyl (C=O) groups is 1. The van der Waals surface area contributed by atoms with E-state index in [0.717, 1.165) is 16.9 Å². The lowest BCUT2D eigenvalue weighted by atomic mass is 9.99. The molecule has 0 saturated carbocycles. The molecule has 0 saturated heterocycles. The van der Waals surface area contributed by atoms with Gasteiger partial charge in [0.15, 0.2) is 11.5 Å². The maximum atomic E-state index is 14.5. The van der Waals surface area contributed by atoms with Crippen LogP contribution in [0.15, 0.2) is 79.5 Å². The number of rotatable bonds is 12. The van der Waals surface area contributed by atoms with E-state index >= 15 is 0 Å². The van der Waals surface area contributed by atoms with Crippen molar-refractivity contribution in [1.29, 1.82) is 0 Å². The first kappa shape index (κ1) is 32.4. The highest BCUT2D eigenvalue weighted by molar-refractivity contribution is 5.84. The van der Waals surface area contributed by atoms with Gasteiger partial charge < -0.3 is 19.3 Å². The van der Waals surface area contributed by atoms with E-state index in [2.05, 4.69) is 30.4 Å². The third kappa shape index (κ3) is 8.24. The Bertz CT molecular complexity index is 1310. The highest BCUT2D eigenvalue weighted by Crippen LogP contribution is 2.40. The van der Waals surface area contributed by atoms with Crippen LogP contribution >= 0.6 is 0 Å². The normalized spacial score (nSPS) is 13.8. The maximum absolute atomic E-state index is 14.5. The molecule has 0 aliphatic carbocycles. The van der Waals surface area contributed by atoms with Gasteiger partial charge in [-0.1, -0.05) is 52.5 Å². The summed E-state index contributed by atoms with van der Waals surface area (Å²) >= 11 is 0. The summed E-state index contributed by atoms with van der Waals surface area (Å²) in [7, 11) is 0. The van der Waals surface area contributed by atoms with E-state index < -0.39 is 23.8 Å². The van der Waals surface area contributed by atoms with Crippen molar-refractivity contribution in [2.45, 2.75) is 59.4 Å². The molecule has 1 amide bonds. The van der Waals surface area contributed by atoms with Crippen LogP contribution in [0.3, 0.4) is 0 Å². The predicted molar refractivity (Wildman–Crippen MR) is 156 cm³/mol. The van der Waals surface area contributed by atoms with Crippen LogP contribution < -0.4 is 9.47 Å². The van der Waals surface area contributed by atoms with Gasteiger partial charge in [-0.2, -0.15) is 13.2 Å². The number of nitrogens with zero attached hydrogens (tertiary/aromatic N) is 4. The fraction of sp³-hybridized carbons (Fsp3) is 0.406. The molecule has 226 valence electrons. The first-order valence-electron chi connectivity index (χ1n) is 13.7. The minimum Gasteiger partial charge on any atom is -0.486 e. The highest BCUT2D eigenvalue weighted by atomic mass is 19.4. The van der Waals surface area contributed by atoms with E-state index in [1.165, 1.54) is 6.20 Å². The van der Waals surface area contributed by atoms with Crippen molar-refractivity contribution in [3.63, 3.8) is 0 Å². The number of amides is 1. The molecule has 0 N–H and O–H groups in total. The van der Waals surface area contributed by atoms with Gasteiger partial charge in [0.1, 0.15) is 25.0 Å². The van der Waals surface area contributed by atoms with E-state index in [9.17, 15) is 18.0 Å². The van der Waals surface area contributed by atoms with Crippen LogP contribution in [0, 0.1) is 5.92 Å². The first-order chi connectivity index (χ1) is 19.7. The van der Waals surface area contributed by atoms with Crippen molar-refractivity contribution in [3.8, 4) is 11.5 Å². The quantitative estimate of drug-likeness (QED) is 0.229. The lowest BCUT2D eigenvalue weighted by Gasteiger charge is -2.38. The summed E-state index contributed by atoms with van der Waals surface area (Å²) < 4.78 is 54.4. The third-order valence-electron chi connectivity index (χ3n) is 7.17. The molecule has 3 heterocycles. The van der Waals surface area contributed by atoms with Crippen LogP contribution in [0.5, 0.6) is 11.5 Å². The number of fused-ring (bicyclic) bond motifs is 1. The second kappa shape index (κ2) is 14.7. The Balaban J connectivity index is 0.00000484. The molecule has 42 heavy (non-hydrogen) atoms. The van der Waals surface area contributed by atoms with Crippen molar-refractivity contribution in [3.05, 3.63) is 96.2 Å². The lowest BCUT2D eigenvalue weighted by Crippen LogP contribution is -2.45. The van der Waals surface area contributed by atoms with Gasteiger partial charge in [-0.15, -0.1) is 0 Å². The molecule has 0 bridgehead atoms. The van der Waals surface area contributed by atoms with Crippen LogP contribution in [-0.2, 0) is 17.9 Å². The Labute approximate surface area is 246 Å². The summed E-state index contributed by atoms with van der Waals surface area (Å²) in [5.41, 5.74) is 0.497. The topological polar surface area (TPSA) is 67.8 Å². The molecule has 7 nitrogen and oxygen atoms in total. The van der Waals surface area contributed by atoms with Gasteiger partial charge in [-0.25, -0.2) is 0 Å². The summed E-state index contributed by atoms with van der Waals surface area (Å²) in [6, 6.07) is 10.4. The lowest BCUT2D eigenvalue weighted by molar-refractivity contribution is -0.143. The van der Waals surface area contributed by atoms with Crippen molar-refractivity contribution in [2.24, 2.45) is 5.92 Å². The van der Waals surface area contributed by atoms with Crippen LogP contribution in [0.25, 0.3) is 0 Å². The van der Waals surface area contributed by atoms with E-state index in [1.54, 1.807) is 59.9 Å². The summed E-state index contributed by atoms with van der Waals surface area (Å²) in [6.45, 7) is 8.56. The van der Waals surface area contributed by atoms with Gasteiger partial charge in [0, 0.05) is 44.4 Å². The molecule has 0 radical (unpaired) electrons. The number of benzene rings is 1. The molecule has 1 aliphatic rings. The SMILES string of the molecule is C.C=C(N(Cc1cccnc1)C(C(=O)N(CCC(C)CC)Cc1cccnc1)c1ccc2c(c1)OCCO2)C(F)(F)F. The van der Waals surface area contributed by atoms with Crippen LogP contribution in [-0.4, -0.2) is 51.6 Å². The maximum Gasteiger partial charge on any atom is 0.430 e. The Morgan fingerprint density at radius 2 is 1.62 bits per heavy atom. The number of hydrogen-bond donors (Lipinski definition) is 0. The van der Waals surface area contributed by atoms with Crippen LogP contribution in [0.4, 0.5) is 13.2 Å². The van der Waals surface area contributed by atoms with E-state index in [4.69, 9.17) is 9.47 Å². The minimum absolute atomic E-state index is 0. The fourth-order valence-corrected chi connectivity index (χ4v) is 4.61. The van der Waals surface area contributed by atoms with Gasteiger partial charge in [0.2, 0.25) is 5.91 Å². The molecule has 2 unspecified atom stereocenters. The number of halogens is 3. The Hall–Kier alpha value is -4.08. The monoisotopic (exact) mass is 584 g/mol. The molecule has 1 aliphatic heterocycles. The van der Waals surface area contributed by atoms with Crippen molar-refractivity contribution < 1.29 is 27.4 Å². The molecule has 4 rings (SSSR count). The Morgan fingerprint density at radius 1 is 1.00 bits per heavy atom. The average molecular weight is 585 g/mol. The third-order valence-corrected chi connectivity index (χ3v) is 7.17. The van der Waals surface area contributed by atoms with Gasteiger partial charge in [0.05, 0.1) is 0 Å². The molecular weight excluding hydrogens is 545 g/mol. The Morgan fingerprint density at radius 3 is 2.19 bits per heavy atom. The van der Waals surface area contributed by atoms with Crippen molar-refractivity contribution in [1.82, 2.24) is 19.8 Å². The van der Waals surface area contributed by atoms with Crippen molar-refractivity contribution in [2.75, 3.05) is 19.8 Å². The molecular formula is C32H39F3N4O3. The standard InChI is InChI=1S/C31H35F3N4O3.CH4/c1-4-22(2)11-14-37(20-24-7-5-12-35-18-24)30(39)29(26-9-10-27-28(17-26)41-16-15-40-27)38(23(3)31(32,33)34)21-25-8-6-13-36-19-25;/h5-10,12-13,17-19,22,29H,3-4,11,14-16,20-21H2,1-2H3;1H4. The van der Waals surface area contributed by atoms with Crippen LogP contribution in [0.2, 0.25) is 0 Å². The number of hydrogen-bond acceptors (Lipinski definition) is 6. The second-order valence-corrected chi connectivity index (χ2v) is 10.2. The summed E-state index contributed by atoms with van der Waals surface area (Å²) in [6.07, 6.45) is 3.15. The predicted octanol–water partition coefficient (Wildman–Crippen LogP) is 6.97. The molecule has 0 spiro atoms. The zero-order chi connectivity index (χ0) is 29.4. The molecule has 1 aromatic carbocycles. The van der Waals surface area contributed by atoms with E-state index in [-0.39, 0.29) is 20.5 Å². The number of alkyl halides is 3. The summed E-state index contributed by atoms with van der Waals surface area (Å²) in [4.78, 5) is 25.4. The number of aromatic nitrogens is 2. The smallest absolute Gasteiger partial charge is 0.430 e. The summed E-state index contributed by atoms with van der Waals surface area (Å²) in [5, 5.41) is 0. The first-order valence-corrected chi connectivity index (χ1v) is 13.7. The molecule has 10 heteroatoms. The van der Waals surface area contributed by atoms with Crippen molar-refractivity contribution >= 4 is 5.91 Å². The van der Waals surface area contributed by atoms with Gasteiger partial charge in [0.25, 0.3) is 0 Å². The molecule has 3 aromatic rings. The zero-order valence-corrected chi connectivity index (χ0v) is 23.3. The fourth-order valence-electron chi connectivity index (χ4n) is 4.61. The molecule has 0 fully saturated rings. The van der Waals surface area contributed by atoms with Gasteiger partial charge in [-0.05, 0) is 53.3 Å². The molecule has 2 aromatic heterocycles. The Kier molecular flexibility index (Phi) is 11.4. The minimum atomic E-state index is -4.78. The number of carbonyl (C=O) groups excluding carboxylic acids is 1.